The van der Waals surface area contributed by atoms with Crippen molar-refractivity contribution in [3.8, 4) is 0 Å². The van der Waals surface area contributed by atoms with Crippen LogP contribution in [-0.4, -0.2) is 48.4 Å². The Kier molecular flexibility index (Phi) is 6.19. The highest BCUT2D eigenvalue weighted by molar-refractivity contribution is 5.89. The Morgan fingerprint density at radius 2 is 1.07 bits per heavy atom. The Morgan fingerprint density at radius 1 is 0.655 bits per heavy atom. The first-order valence-electron chi connectivity index (χ1n) is 6.92. The number of rotatable bonds is 7. The molecule has 0 aliphatic carbocycles. The molecule has 0 fully saturated rings. The van der Waals surface area contributed by atoms with Gasteiger partial charge in [-0.15, -0.1) is 0 Å². The molecule has 0 amide bonds. The average Bonchev–Trinajstić information content (AvgIpc) is 2.58. The van der Waals surface area contributed by atoms with Crippen LogP contribution in [0.25, 0.3) is 0 Å². The van der Waals surface area contributed by atoms with Crippen molar-refractivity contribution in [3.63, 3.8) is 0 Å². The molecule has 0 saturated heterocycles. The first-order valence-corrected chi connectivity index (χ1v) is 6.92. The maximum atomic E-state index is 13.4. The van der Waals surface area contributed by atoms with E-state index in [2.05, 4.69) is 4.74 Å². The molecule has 1 aromatic carbocycles. The summed E-state index contributed by atoms with van der Waals surface area (Å²) in [6.07, 6.45) is -7.48. The lowest BCUT2D eigenvalue weighted by atomic mass is 9.94. The lowest BCUT2D eigenvalue weighted by Gasteiger charge is -2.39. The van der Waals surface area contributed by atoms with Crippen molar-refractivity contribution in [1.29, 1.82) is 0 Å². The predicted molar refractivity (Wildman–Crippen MR) is 67.5 cm³/mol. The van der Waals surface area contributed by atoms with Crippen molar-refractivity contribution in [1.82, 2.24) is 0 Å². The van der Waals surface area contributed by atoms with Crippen molar-refractivity contribution in [3.05, 3.63) is 35.9 Å². The third kappa shape index (κ3) is 3.95. The van der Waals surface area contributed by atoms with E-state index in [1.165, 1.54) is 6.07 Å². The van der Waals surface area contributed by atoms with Crippen LogP contribution in [0.5, 0.6) is 0 Å². The number of alkyl halides is 13. The van der Waals surface area contributed by atoms with E-state index >= 15 is 0 Å². The molecule has 0 N–H and O–H groups in total. The molecule has 0 bridgehead atoms. The largest absolute Gasteiger partial charge is 0.460 e. The van der Waals surface area contributed by atoms with Crippen LogP contribution < -0.4 is 0 Å². The lowest BCUT2D eigenvalue weighted by molar-refractivity contribution is -0.440. The fraction of sp³-hybridized carbons (Fsp3) is 0.500. The Balaban J connectivity index is 3.20. The maximum absolute atomic E-state index is 13.4. The molecule has 1 rings (SSSR count). The zero-order valence-electron chi connectivity index (χ0n) is 13.3. The second-order valence-corrected chi connectivity index (χ2v) is 5.44. The number of benzene rings is 1. The number of esters is 1. The van der Waals surface area contributed by atoms with Crippen LogP contribution in [0.1, 0.15) is 10.4 Å². The van der Waals surface area contributed by atoms with Gasteiger partial charge in [0.15, 0.2) is 6.61 Å². The molecule has 0 aliphatic rings. The van der Waals surface area contributed by atoms with Gasteiger partial charge in [0, 0.05) is 0 Å². The summed E-state index contributed by atoms with van der Waals surface area (Å²) >= 11 is 0. The lowest BCUT2D eigenvalue weighted by Crippen LogP contribution is -2.70. The van der Waals surface area contributed by atoms with Crippen molar-refractivity contribution in [2.45, 2.75) is 35.8 Å². The first kappa shape index (κ1) is 24.8. The molecular formula is C14H7F13O2. The van der Waals surface area contributed by atoms with Gasteiger partial charge in [-0.05, 0) is 12.1 Å². The molecule has 0 unspecified atom stereocenters. The molecule has 1 aromatic rings. The Bertz CT molecular complexity index is 725. The van der Waals surface area contributed by atoms with E-state index < -0.39 is 53.9 Å². The normalized spacial score (nSPS) is 14.7. The summed E-state index contributed by atoms with van der Waals surface area (Å²) in [5.74, 6) is -39.5. The van der Waals surface area contributed by atoms with Gasteiger partial charge in [0.2, 0.25) is 0 Å². The number of hydrogen-bond acceptors (Lipinski definition) is 2. The van der Waals surface area contributed by atoms with E-state index in [0.717, 1.165) is 24.3 Å². The van der Waals surface area contributed by atoms with Crippen molar-refractivity contribution in [2.75, 3.05) is 6.61 Å². The minimum Gasteiger partial charge on any atom is -0.455 e. The van der Waals surface area contributed by atoms with Gasteiger partial charge in [0.25, 0.3) is 0 Å². The average molecular weight is 454 g/mol. The van der Waals surface area contributed by atoms with E-state index in [1.807, 2.05) is 0 Å². The Morgan fingerprint density at radius 3 is 1.48 bits per heavy atom. The van der Waals surface area contributed by atoms with Crippen LogP contribution in [0.3, 0.4) is 0 Å². The van der Waals surface area contributed by atoms with Gasteiger partial charge in [-0.2, -0.15) is 57.1 Å². The van der Waals surface area contributed by atoms with E-state index in [1.54, 1.807) is 0 Å². The van der Waals surface area contributed by atoms with E-state index in [-0.39, 0.29) is 0 Å². The summed E-state index contributed by atoms with van der Waals surface area (Å²) in [6, 6.07) is 5.30. The molecule has 15 heteroatoms. The molecule has 0 saturated carbocycles. The summed E-state index contributed by atoms with van der Waals surface area (Å²) in [5.41, 5.74) is -0.577. The van der Waals surface area contributed by atoms with Crippen LogP contribution in [0.2, 0.25) is 0 Å². The van der Waals surface area contributed by atoms with Crippen LogP contribution in [-0.2, 0) is 4.74 Å². The van der Waals surface area contributed by atoms with Gasteiger partial charge in [-0.25, -0.2) is 4.79 Å². The van der Waals surface area contributed by atoms with Gasteiger partial charge in [-0.1, -0.05) is 18.2 Å². The fourth-order valence-corrected chi connectivity index (χ4v) is 1.71. The van der Waals surface area contributed by atoms with Gasteiger partial charge < -0.3 is 4.74 Å². The molecule has 0 radical (unpaired) electrons. The molecule has 166 valence electrons. The summed E-state index contributed by atoms with van der Waals surface area (Å²) in [6.45, 7) is -3.03. The third-order valence-electron chi connectivity index (χ3n) is 3.39. The topological polar surface area (TPSA) is 26.3 Å². The predicted octanol–water partition coefficient (Wildman–Crippen LogP) is 5.58. The second-order valence-electron chi connectivity index (χ2n) is 5.44. The minimum atomic E-state index is -7.99. The molecule has 29 heavy (non-hydrogen) atoms. The third-order valence-corrected chi connectivity index (χ3v) is 3.39. The molecule has 0 aliphatic heterocycles. The summed E-state index contributed by atoms with van der Waals surface area (Å²) in [5, 5.41) is 0. The Hall–Kier alpha value is -2.22. The molecule has 0 atom stereocenters. The quantitative estimate of drug-likeness (QED) is 0.397. The summed E-state index contributed by atoms with van der Waals surface area (Å²) in [7, 11) is 0. The first-order chi connectivity index (χ1) is 12.7. The molecular weight excluding hydrogens is 447 g/mol. The zero-order valence-corrected chi connectivity index (χ0v) is 13.3. The summed E-state index contributed by atoms with van der Waals surface area (Å²) < 4.78 is 171. The van der Waals surface area contributed by atoms with Crippen LogP contribution in [0.4, 0.5) is 57.1 Å². The number of hydrogen-bond donors (Lipinski definition) is 0. The molecule has 0 heterocycles. The van der Waals surface area contributed by atoms with Gasteiger partial charge in [0.1, 0.15) is 0 Å². The highest BCUT2D eigenvalue weighted by Gasteiger charge is 2.90. The molecule has 2 nitrogen and oxygen atoms in total. The number of halogens is 13. The monoisotopic (exact) mass is 454 g/mol. The Labute approximate surface area is 152 Å². The molecule has 0 aromatic heterocycles. The fourth-order valence-electron chi connectivity index (χ4n) is 1.71. The summed E-state index contributed by atoms with van der Waals surface area (Å²) in [4.78, 5) is 11.4. The van der Waals surface area contributed by atoms with Crippen LogP contribution in [0.15, 0.2) is 30.3 Å². The number of carbonyl (C=O) groups is 1. The highest BCUT2D eigenvalue weighted by Crippen LogP contribution is 2.60. The minimum absolute atomic E-state index is 0.577. The van der Waals surface area contributed by atoms with E-state index in [4.69, 9.17) is 0 Å². The smallest absolute Gasteiger partial charge is 0.455 e. The van der Waals surface area contributed by atoms with Crippen LogP contribution in [0, 0.1) is 0 Å². The van der Waals surface area contributed by atoms with Gasteiger partial charge in [0.05, 0.1) is 5.56 Å². The SMILES string of the molecule is O=C(OCC(F)(F)C(F)(F)C(F)(F)C(F)(F)C(F)(F)C(F)(F)F)c1ccccc1. The van der Waals surface area contributed by atoms with Gasteiger partial charge >= 0.3 is 41.8 Å². The van der Waals surface area contributed by atoms with E-state index in [0.29, 0.717) is 0 Å². The standard InChI is InChI=1S/C14H7F13O2/c15-9(16,6-29-8(28)7-4-2-1-3-5-7)10(17,18)11(19,20)12(21,22)13(23,24)14(25,26)27/h1-5H,6H2. The van der Waals surface area contributed by atoms with Crippen molar-refractivity contribution < 1.29 is 66.6 Å². The van der Waals surface area contributed by atoms with Crippen LogP contribution >= 0.6 is 0 Å². The van der Waals surface area contributed by atoms with Gasteiger partial charge in [-0.3, -0.25) is 0 Å². The maximum Gasteiger partial charge on any atom is 0.460 e. The van der Waals surface area contributed by atoms with E-state index in [9.17, 15) is 61.9 Å². The molecule has 0 spiro atoms. The number of carbonyl (C=O) groups excluding carboxylic acids is 1. The zero-order chi connectivity index (χ0) is 23.1. The number of ether oxygens (including phenoxy) is 1. The second kappa shape index (κ2) is 7.23. The van der Waals surface area contributed by atoms with Crippen molar-refractivity contribution in [2.24, 2.45) is 0 Å². The highest BCUT2D eigenvalue weighted by atomic mass is 19.4. The van der Waals surface area contributed by atoms with Crippen molar-refractivity contribution >= 4 is 5.97 Å².